The van der Waals surface area contributed by atoms with Gasteiger partial charge in [0.25, 0.3) is 0 Å². The Labute approximate surface area is 146 Å². The second kappa shape index (κ2) is 8.32. The molecule has 0 N–H and O–H groups in total. The van der Waals surface area contributed by atoms with Crippen molar-refractivity contribution in [3.8, 4) is 0 Å². The zero-order valence-corrected chi connectivity index (χ0v) is 16.2. The molecule has 0 unspecified atom stereocenters. The highest BCUT2D eigenvalue weighted by Gasteiger charge is 2.24. The highest BCUT2D eigenvalue weighted by Crippen LogP contribution is 2.20. The Bertz CT molecular complexity index is 576. The highest BCUT2D eigenvalue weighted by molar-refractivity contribution is 5.84. The summed E-state index contributed by atoms with van der Waals surface area (Å²) in [5, 5.41) is 0. The minimum atomic E-state index is -0.354. The molecule has 0 spiro atoms. The molecule has 0 heterocycles. The van der Waals surface area contributed by atoms with Gasteiger partial charge < -0.3 is 9.64 Å². The van der Waals surface area contributed by atoms with Crippen LogP contribution in [0, 0.1) is 26.2 Å². The molecule has 0 saturated carbocycles. The first-order chi connectivity index (χ1) is 11.0. The molecule has 0 aliphatic rings. The number of hydrogen-bond donors (Lipinski definition) is 0. The molecule has 0 saturated heterocycles. The van der Waals surface area contributed by atoms with Gasteiger partial charge >= 0.3 is 5.97 Å². The topological polar surface area (TPSA) is 46.6 Å². The Morgan fingerprint density at radius 2 is 1.62 bits per heavy atom. The molecule has 4 heteroatoms. The van der Waals surface area contributed by atoms with E-state index >= 15 is 0 Å². The van der Waals surface area contributed by atoms with E-state index in [1.807, 2.05) is 13.8 Å². The minimum Gasteiger partial charge on any atom is -0.465 e. The monoisotopic (exact) mass is 333 g/mol. The normalized spacial score (nSPS) is 11.3. The lowest BCUT2D eigenvalue weighted by molar-refractivity contribution is -0.149. The van der Waals surface area contributed by atoms with E-state index in [4.69, 9.17) is 4.74 Å². The van der Waals surface area contributed by atoms with Crippen LogP contribution in [0.3, 0.4) is 0 Å². The number of nitrogens with zero attached hydrogens (tertiary/aromatic N) is 1. The van der Waals surface area contributed by atoms with Gasteiger partial charge in [0.15, 0.2) is 0 Å². The van der Waals surface area contributed by atoms with Gasteiger partial charge in [0.05, 0.1) is 13.0 Å². The first kappa shape index (κ1) is 20.2. The van der Waals surface area contributed by atoms with Gasteiger partial charge in [0.2, 0.25) is 5.91 Å². The fourth-order valence-electron chi connectivity index (χ4n) is 2.92. The van der Waals surface area contributed by atoms with Crippen LogP contribution in [-0.4, -0.2) is 36.5 Å². The summed E-state index contributed by atoms with van der Waals surface area (Å²) in [4.78, 5) is 26.3. The summed E-state index contributed by atoms with van der Waals surface area (Å²) in [7, 11) is 0. The van der Waals surface area contributed by atoms with E-state index in [0.717, 1.165) is 16.7 Å². The summed E-state index contributed by atoms with van der Waals surface area (Å²) >= 11 is 0. The maximum atomic E-state index is 12.8. The molecule has 134 valence electrons. The van der Waals surface area contributed by atoms with Gasteiger partial charge in [0.1, 0.15) is 6.54 Å². The van der Waals surface area contributed by atoms with Gasteiger partial charge in [0, 0.05) is 6.54 Å². The van der Waals surface area contributed by atoms with Crippen molar-refractivity contribution in [2.75, 3.05) is 19.7 Å². The Hall–Kier alpha value is -1.84. The van der Waals surface area contributed by atoms with E-state index in [1.165, 1.54) is 5.56 Å². The van der Waals surface area contributed by atoms with Crippen LogP contribution in [0.4, 0.5) is 0 Å². The fourth-order valence-corrected chi connectivity index (χ4v) is 2.92. The summed E-state index contributed by atoms with van der Waals surface area (Å²) in [5.74, 6) is -0.388. The van der Waals surface area contributed by atoms with E-state index in [9.17, 15) is 9.59 Å². The summed E-state index contributed by atoms with van der Waals surface area (Å²) in [6, 6.07) is 4.18. The van der Waals surface area contributed by atoms with E-state index in [0.29, 0.717) is 19.6 Å². The second-order valence-corrected chi connectivity index (χ2v) is 7.67. The van der Waals surface area contributed by atoms with Crippen molar-refractivity contribution in [2.45, 2.75) is 54.9 Å². The predicted octanol–water partition coefficient (Wildman–Crippen LogP) is 3.59. The van der Waals surface area contributed by atoms with Gasteiger partial charge in [-0.15, -0.1) is 0 Å². The number of benzene rings is 1. The molecule has 1 amide bonds. The number of aryl methyl sites for hydroxylation is 3. The molecular weight excluding hydrogens is 302 g/mol. The minimum absolute atomic E-state index is 0.00784. The molecule has 1 rings (SSSR count). The van der Waals surface area contributed by atoms with Crippen molar-refractivity contribution < 1.29 is 14.3 Å². The molecule has 4 nitrogen and oxygen atoms in total. The van der Waals surface area contributed by atoms with Crippen molar-refractivity contribution >= 4 is 11.9 Å². The molecular formula is C20H31NO3. The number of hydrogen-bond acceptors (Lipinski definition) is 3. The van der Waals surface area contributed by atoms with Crippen LogP contribution in [0.1, 0.15) is 49.9 Å². The number of carbonyl (C=O) groups excluding carboxylic acids is 2. The van der Waals surface area contributed by atoms with E-state index in [-0.39, 0.29) is 23.8 Å². The van der Waals surface area contributed by atoms with E-state index in [1.54, 1.807) is 11.8 Å². The third kappa shape index (κ3) is 6.34. The molecule has 1 aromatic rings. The van der Waals surface area contributed by atoms with Gasteiger partial charge in [-0.25, -0.2) is 0 Å². The van der Waals surface area contributed by atoms with E-state index < -0.39 is 0 Å². The van der Waals surface area contributed by atoms with Gasteiger partial charge in [-0.05, 0) is 49.8 Å². The van der Waals surface area contributed by atoms with Crippen molar-refractivity contribution in [1.29, 1.82) is 0 Å². The van der Waals surface area contributed by atoms with Crippen LogP contribution < -0.4 is 0 Å². The molecule has 24 heavy (non-hydrogen) atoms. The lowest BCUT2D eigenvalue weighted by atomic mass is 9.94. The summed E-state index contributed by atoms with van der Waals surface area (Å²) < 4.78 is 5.02. The predicted molar refractivity (Wildman–Crippen MR) is 97.0 cm³/mol. The van der Waals surface area contributed by atoms with Crippen LogP contribution in [0.25, 0.3) is 0 Å². The van der Waals surface area contributed by atoms with Crippen LogP contribution in [0.5, 0.6) is 0 Å². The summed E-state index contributed by atoms with van der Waals surface area (Å²) in [5.41, 5.74) is 4.40. The number of carbonyl (C=O) groups is 2. The maximum absolute atomic E-state index is 12.8. The van der Waals surface area contributed by atoms with Crippen molar-refractivity contribution in [3.05, 3.63) is 34.4 Å². The molecule has 0 aromatic heterocycles. The highest BCUT2D eigenvalue weighted by atomic mass is 16.5. The van der Waals surface area contributed by atoms with Crippen LogP contribution >= 0.6 is 0 Å². The quantitative estimate of drug-likeness (QED) is 0.747. The Morgan fingerprint density at radius 1 is 1.08 bits per heavy atom. The Balaban J connectivity index is 2.97. The largest absolute Gasteiger partial charge is 0.465 e. The smallest absolute Gasteiger partial charge is 0.325 e. The molecule has 1 aromatic carbocycles. The molecule has 0 aliphatic heterocycles. The molecule has 0 bridgehead atoms. The van der Waals surface area contributed by atoms with E-state index in [2.05, 4.69) is 39.8 Å². The van der Waals surface area contributed by atoms with Crippen molar-refractivity contribution in [2.24, 2.45) is 5.41 Å². The van der Waals surface area contributed by atoms with Crippen molar-refractivity contribution in [1.82, 2.24) is 4.90 Å². The number of ether oxygens (including phenoxy) is 1. The van der Waals surface area contributed by atoms with Crippen molar-refractivity contribution in [3.63, 3.8) is 0 Å². The molecule has 0 atom stereocenters. The third-order valence-electron chi connectivity index (χ3n) is 3.81. The van der Waals surface area contributed by atoms with Gasteiger partial charge in [-0.3, -0.25) is 9.59 Å². The zero-order valence-electron chi connectivity index (χ0n) is 16.2. The number of esters is 1. The molecule has 0 radical (unpaired) electrons. The Kier molecular flexibility index (Phi) is 7.00. The lowest BCUT2D eigenvalue weighted by Gasteiger charge is -2.29. The summed E-state index contributed by atoms with van der Waals surface area (Å²) in [6.07, 6.45) is 0.313. The van der Waals surface area contributed by atoms with Crippen LogP contribution in [-0.2, 0) is 20.7 Å². The first-order valence-corrected chi connectivity index (χ1v) is 8.53. The second-order valence-electron chi connectivity index (χ2n) is 7.67. The Morgan fingerprint density at radius 3 is 2.08 bits per heavy atom. The molecule has 0 aliphatic carbocycles. The summed E-state index contributed by atoms with van der Waals surface area (Å²) in [6.45, 7) is 14.9. The van der Waals surface area contributed by atoms with Crippen LogP contribution in [0.15, 0.2) is 12.1 Å². The lowest BCUT2D eigenvalue weighted by Crippen LogP contribution is -2.42. The standard InChI is InChI=1S/C20H31NO3/c1-8-24-19(23)12-21(13-20(5,6)7)18(22)11-17-15(3)9-14(2)10-16(17)4/h9-10H,8,11-13H2,1-7H3. The first-order valence-electron chi connectivity index (χ1n) is 8.53. The van der Waals surface area contributed by atoms with Crippen LogP contribution in [0.2, 0.25) is 0 Å². The van der Waals surface area contributed by atoms with Gasteiger partial charge in [-0.1, -0.05) is 38.5 Å². The number of rotatable bonds is 6. The number of amides is 1. The third-order valence-corrected chi connectivity index (χ3v) is 3.81. The molecule has 0 fully saturated rings. The average molecular weight is 333 g/mol. The fraction of sp³-hybridized carbons (Fsp3) is 0.600. The average Bonchev–Trinajstić information content (AvgIpc) is 2.40. The maximum Gasteiger partial charge on any atom is 0.325 e. The SMILES string of the molecule is CCOC(=O)CN(CC(C)(C)C)C(=O)Cc1c(C)cc(C)cc1C. The zero-order chi connectivity index (χ0) is 18.5. The van der Waals surface area contributed by atoms with Gasteiger partial charge in [-0.2, -0.15) is 0 Å².